The first-order chi connectivity index (χ1) is 19.5. The van der Waals surface area contributed by atoms with Gasteiger partial charge in [-0.3, -0.25) is 0 Å². The fraction of sp³-hybridized carbons (Fsp3) is 0.550. The highest BCUT2D eigenvalue weighted by molar-refractivity contribution is 7.72. The molecule has 3 aliphatic rings. The summed E-state index contributed by atoms with van der Waals surface area (Å²) in [4.78, 5) is 0. The van der Waals surface area contributed by atoms with Crippen LogP contribution in [0.15, 0.2) is 48.5 Å². The third kappa shape index (κ3) is 4.60. The summed E-state index contributed by atoms with van der Waals surface area (Å²) in [5, 5.41) is 11.0. The van der Waals surface area contributed by atoms with Gasteiger partial charge in [-0.25, -0.2) is 0 Å². The lowest BCUT2D eigenvalue weighted by molar-refractivity contribution is 0.331. The van der Waals surface area contributed by atoms with E-state index < -0.39 is 7.05 Å². The lowest BCUT2D eigenvalue weighted by atomic mass is 9.62. The zero-order chi connectivity index (χ0) is 30.5. The van der Waals surface area contributed by atoms with E-state index in [4.69, 9.17) is 0 Å². The van der Waals surface area contributed by atoms with E-state index in [1.165, 1.54) is 58.8 Å². The molecule has 1 unspecified atom stereocenters. The average Bonchev–Trinajstić information content (AvgIpc) is 3.24. The smallest absolute Gasteiger partial charge is 0.0359 e. The van der Waals surface area contributed by atoms with Crippen LogP contribution in [0.25, 0.3) is 11.1 Å². The molecule has 0 fully saturated rings. The summed E-state index contributed by atoms with van der Waals surface area (Å²) >= 11 is 0. The summed E-state index contributed by atoms with van der Waals surface area (Å²) in [5.41, 5.74) is 14.1. The minimum absolute atomic E-state index is 0.167. The Labute approximate surface area is 256 Å². The highest BCUT2D eigenvalue weighted by Gasteiger charge is 2.44. The first-order valence-electron chi connectivity index (χ1n) is 16.6. The maximum atomic E-state index is 9.69. The van der Waals surface area contributed by atoms with Gasteiger partial charge >= 0.3 is 0 Å². The quantitative estimate of drug-likeness (QED) is 0.227. The first kappa shape index (κ1) is 29.9. The van der Waals surface area contributed by atoms with Crippen LogP contribution in [0.3, 0.4) is 0 Å². The topological polar surface area (TPSA) is 23.9 Å². The van der Waals surface area contributed by atoms with E-state index in [1.807, 2.05) is 0 Å². The van der Waals surface area contributed by atoms with E-state index >= 15 is 0 Å². The molecular formula is C40H54NP. The Bertz CT molecular complexity index is 1530. The van der Waals surface area contributed by atoms with Gasteiger partial charge in [0.05, 0.1) is 0 Å². The summed E-state index contributed by atoms with van der Waals surface area (Å²) in [7, 11) is -2.01. The van der Waals surface area contributed by atoms with Crippen LogP contribution in [0, 0.1) is 5.16 Å². The molecule has 1 nitrogen and oxygen atoms in total. The van der Waals surface area contributed by atoms with Crippen molar-refractivity contribution in [1.29, 1.82) is 5.16 Å². The fourth-order valence-corrected chi connectivity index (χ4v) is 10.9. The maximum Gasteiger partial charge on any atom is 0.0359 e. The largest absolute Gasteiger partial charge is 0.314 e. The first-order valence-corrected chi connectivity index (χ1v) is 19.0. The summed E-state index contributed by atoms with van der Waals surface area (Å²) < 4.78 is 0. The normalized spacial score (nSPS) is 22.4. The van der Waals surface area contributed by atoms with Crippen molar-refractivity contribution in [2.75, 3.05) is 12.8 Å². The molecule has 3 aliphatic carbocycles. The number of benzene rings is 3. The number of unbranched alkanes of at least 4 members (excludes halogenated alkanes) is 1. The third-order valence-electron chi connectivity index (χ3n) is 11.7. The molecule has 0 radical (unpaired) electrons. The monoisotopic (exact) mass is 579 g/mol. The average molecular weight is 580 g/mol. The molecule has 0 heterocycles. The van der Waals surface area contributed by atoms with Crippen molar-refractivity contribution in [2.24, 2.45) is 0 Å². The molecule has 2 heteroatoms. The second kappa shape index (κ2) is 9.69. The lowest BCUT2D eigenvalue weighted by Crippen LogP contribution is -2.34. The van der Waals surface area contributed by atoms with Gasteiger partial charge < -0.3 is 5.16 Å². The van der Waals surface area contributed by atoms with Crippen molar-refractivity contribution in [3.05, 3.63) is 87.5 Å². The van der Waals surface area contributed by atoms with Crippen molar-refractivity contribution >= 4 is 12.4 Å². The van der Waals surface area contributed by atoms with Crippen LogP contribution in [0.2, 0.25) is 0 Å². The number of rotatable bonds is 5. The number of hydrogen-bond donors (Lipinski definition) is 1. The molecule has 0 aliphatic heterocycles. The summed E-state index contributed by atoms with van der Waals surface area (Å²) in [6, 6.07) is 19.6. The van der Waals surface area contributed by atoms with Gasteiger partial charge in [-0.1, -0.05) is 105 Å². The van der Waals surface area contributed by atoms with E-state index in [1.54, 1.807) is 22.3 Å². The summed E-state index contributed by atoms with van der Waals surface area (Å²) in [6.45, 7) is 24.2. The maximum absolute atomic E-state index is 9.69. The Morgan fingerprint density at radius 1 is 0.643 bits per heavy atom. The van der Waals surface area contributed by atoms with Crippen LogP contribution in [-0.2, 0) is 21.7 Å². The van der Waals surface area contributed by atoms with Crippen molar-refractivity contribution in [3.63, 3.8) is 0 Å². The van der Waals surface area contributed by atoms with Crippen LogP contribution in [0.4, 0.5) is 0 Å². The molecule has 1 N–H and O–H groups in total. The molecular weight excluding hydrogens is 525 g/mol. The highest BCUT2D eigenvalue weighted by Crippen LogP contribution is 2.58. The predicted molar refractivity (Wildman–Crippen MR) is 185 cm³/mol. The molecule has 3 aromatic rings. The van der Waals surface area contributed by atoms with Gasteiger partial charge in [0, 0.05) is 5.92 Å². The number of hydrogen-bond acceptors (Lipinski definition) is 1. The van der Waals surface area contributed by atoms with E-state index in [-0.39, 0.29) is 27.6 Å². The lowest BCUT2D eigenvalue weighted by Gasteiger charge is -2.42. The summed E-state index contributed by atoms with van der Waals surface area (Å²) in [5.74, 6) is 0.190. The molecule has 224 valence electrons. The molecule has 0 saturated carbocycles. The minimum Gasteiger partial charge on any atom is -0.314 e. The highest BCUT2D eigenvalue weighted by atomic mass is 31.2. The van der Waals surface area contributed by atoms with Gasteiger partial charge in [-0.05, 0) is 141 Å². The molecule has 0 aromatic heterocycles. The Kier molecular flexibility index (Phi) is 6.91. The molecule has 0 amide bonds. The van der Waals surface area contributed by atoms with Crippen molar-refractivity contribution in [1.82, 2.24) is 0 Å². The molecule has 0 spiro atoms. The molecule has 1 atom stereocenters. The van der Waals surface area contributed by atoms with Crippen LogP contribution >= 0.6 is 7.05 Å². The van der Waals surface area contributed by atoms with Crippen LogP contribution in [0.1, 0.15) is 146 Å². The van der Waals surface area contributed by atoms with E-state index in [2.05, 4.69) is 118 Å². The third-order valence-corrected chi connectivity index (χ3v) is 14.4. The molecule has 0 saturated heterocycles. The van der Waals surface area contributed by atoms with E-state index in [9.17, 15) is 5.16 Å². The van der Waals surface area contributed by atoms with Crippen LogP contribution < -0.4 is 5.30 Å². The number of fused-ring (bicyclic) bond motifs is 5. The Hall–Kier alpha value is -2.11. The second-order valence-corrected chi connectivity index (χ2v) is 20.1. The van der Waals surface area contributed by atoms with Gasteiger partial charge in [0.1, 0.15) is 0 Å². The fourth-order valence-electron chi connectivity index (χ4n) is 8.48. The molecule has 0 bridgehead atoms. The summed E-state index contributed by atoms with van der Waals surface area (Å²) in [6.07, 6.45) is 8.20. The Morgan fingerprint density at radius 2 is 1.05 bits per heavy atom. The molecule has 6 rings (SSSR count). The van der Waals surface area contributed by atoms with Crippen molar-refractivity contribution in [3.8, 4) is 11.1 Å². The van der Waals surface area contributed by atoms with Crippen LogP contribution in [-0.4, -0.2) is 12.8 Å². The van der Waals surface area contributed by atoms with Gasteiger partial charge in [-0.15, -0.1) is 0 Å². The molecule has 42 heavy (non-hydrogen) atoms. The van der Waals surface area contributed by atoms with Gasteiger partial charge in [0.2, 0.25) is 0 Å². The van der Waals surface area contributed by atoms with Crippen molar-refractivity contribution < 1.29 is 0 Å². The van der Waals surface area contributed by atoms with Gasteiger partial charge in [0.25, 0.3) is 0 Å². The number of nitrogens with one attached hydrogen (secondary N) is 1. The minimum atomic E-state index is -2.01. The van der Waals surface area contributed by atoms with Gasteiger partial charge in [-0.2, -0.15) is 0 Å². The predicted octanol–water partition coefficient (Wildman–Crippen LogP) is 11.4. The van der Waals surface area contributed by atoms with Gasteiger partial charge in [0.15, 0.2) is 0 Å². The zero-order valence-corrected chi connectivity index (χ0v) is 29.0. The van der Waals surface area contributed by atoms with Crippen LogP contribution in [0.5, 0.6) is 0 Å². The molecule has 3 aromatic carbocycles. The second-order valence-electron chi connectivity index (χ2n) is 16.8. The van der Waals surface area contributed by atoms with E-state index in [0.29, 0.717) is 0 Å². The zero-order valence-electron chi connectivity index (χ0n) is 28.1. The standard InChI is InChI=1S/C40H54NP/c1-11-12-21-42(10,41)35-16-14-13-15-26(35)36-29-24-33-31(37(2,3)17-19-39(33,6)7)22-27(29)28-23-32-34(25-30(28)36)40(8,9)20-18-38(32,4)5/h13-16,22-25,36,41H,11-12,17-21H2,1-10H3. The Balaban J connectivity index is 1.69. The SMILES string of the molecule is CCCCP(C)(=N)c1ccccc1C1c2cc3c(cc2-c2cc4c(cc21)C(C)(C)CCC4(C)C)C(C)(C)CCC3(C)C. The van der Waals surface area contributed by atoms with Crippen molar-refractivity contribution in [2.45, 2.75) is 128 Å². The van der Waals surface area contributed by atoms with E-state index in [0.717, 1.165) is 19.0 Å². The Morgan fingerprint density at radius 3 is 1.48 bits per heavy atom.